The largest absolute Gasteiger partial charge is 0.453 e. The summed E-state index contributed by atoms with van der Waals surface area (Å²) in [5.74, 6) is 1.34. The van der Waals surface area contributed by atoms with Crippen LogP contribution in [0, 0.1) is 11.3 Å². The number of aromatic nitrogens is 2. The molecule has 0 bridgehead atoms. The summed E-state index contributed by atoms with van der Waals surface area (Å²) in [5, 5.41) is 12.9. The van der Waals surface area contributed by atoms with E-state index in [4.69, 9.17) is 10.00 Å². The monoisotopic (exact) mass is 291 g/mol. The zero-order chi connectivity index (χ0) is 12.3. The number of aryl methyl sites for hydroxylation is 1. The van der Waals surface area contributed by atoms with Crippen molar-refractivity contribution in [1.29, 1.82) is 5.26 Å². The van der Waals surface area contributed by atoms with Crippen LogP contribution >= 0.6 is 15.9 Å². The number of hydrogen-bond acceptors (Lipinski definition) is 3. The molecule has 0 aliphatic carbocycles. The molecule has 0 spiro atoms. The summed E-state index contributed by atoms with van der Waals surface area (Å²) in [4.78, 5) is 0. The van der Waals surface area contributed by atoms with E-state index in [2.05, 4.69) is 27.1 Å². The SMILES string of the molecule is CCn1cc(Oc2ccc(C#N)cc2Br)cn1. The van der Waals surface area contributed by atoms with Crippen LogP contribution in [0.3, 0.4) is 0 Å². The quantitative estimate of drug-likeness (QED) is 0.871. The Balaban J connectivity index is 2.21. The van der Waals surface area contributed by atoms with Gasteiger partial charge in [-0.3, -0.25) is 4.68 Å². The highest BCUT2D eigenvalue weighted by molar-refractivity contribution is 9.10. The van der Waals surface area contributed by atoms with Crippen molar-refractivity contribution in [2.45, 2.75) is 13.5 Å². The van der Waals surface area contributed by atoms with Crippen LogP contribution in [0.15, 0.2) is 35.1 Å². The summed E-state index contributed by atoms with van der Waals surface area (Å²) < 4.78 is 8.19. The van der Waals surface area contributed by atoms with Crippen molar-refractivity contribution in [3.8, 4) is 17.6 Å². The first kappa shape index (κ1) is 11.7. The van der Waals surface area contributed by atoms with Crippen molar-refractivity contribution >= 4 is 15.9 Å². The standard InChI is InChI=1S/C12H10BrN3O/c1-2-16-8-10(7-15-16)17-12-4-3-9(6-14)5-11(12)13/h3-5,7-8H,2H2,1H3. The average molecular weight is 292 g/mol. The molecule has 0 aliphatic heterocycles. The van der Waals surface area contributed by atoms with Crippen LogP contribution in [0.4, 0.5) is 0 Å². The third-order valence-corrected chi connectivity index (χ3v) is 2.84. The van der Waals surface area contributed by atoms with E-state index < -0.39 is 0 Å². The van der Waals surface area contributed by atoms with Crippen molar-refractivity contribution in [2.75, 3.05) is 0 Å². The number of hydrogen-bond donors (Lipinski definition) is 0. The van der Waals surface area contributed by atoms with Crippen molar-refractivity contribution in [3.05, 3.63) is 40.6 Å². The first-order chi connectivity index (χ1) is 8.22. The van der Waals surface area contributed by atoms with Gasteiger partial charge in [-0.25, -0.2) is 0 Å². The number of benzene rings is 1. The Labute approximate surface area is 108 Å². The second-order valence-electron chi connectivity index (χ2n) is 3.39. The third kappa shape index (κ3) is 2.66. The molecule has 2 aromatic rings. The summed E-state index contributed by atoms with van der Waals surface area (Å²) in [7, 11) is 0. The first-order valence-corrected chi connectivity index (χ1v) is 5.92. The summed E-state index contributed by atoms with van der Waals surface area (Å²) in [6.45, 7) is 2.81. The smallest absolute Gasteiger partial charge is 0.165 e. The lowest BCUT2D eigenvalue weighted by atomic mass is 10.2. The highest BCUT2D eigenvalue weighted by Gasteiger charge is 2.05. The predicted octanol–water partition coefficient (Wildman–Crippen LogP) is 3.33. The molecule has 4 nitrogen and oxygen atoms in total. The van der Waals surface area contributed by atoms with Crippen molar-refractivity contribution in [2.24, 2.45) is 0 Å². The Morgan fingerprint density at radius 3 is 2.94 bits per heavy atom. The molecule has 0 N–H and O–H groups in total. The molecular formula is C12H10BrN3O. The van der Waals surface area contributed by atoms with Gasteiger partial charge in [0, 0.05) is 6.54 Å². The number of nitrogens with zero attached hydrogens (tertiary/aromatic N) is 3. The lowest BCUT2D eigenvalue weighted by Crippen LogP contribution is -1.92. The molecule has 0 saturated carbocycles. The average Bonchev–Trinajstić information content (AvgIpc) is 2.79. The van der Waals surface area contributed by atoms with Crippen LogP contribution in [-0.2, 0) is 6.54 Å². The number of halogens is 1. The maximum atomic E-state index is 8.75. The van der Waals surface area contributed by atoms with Crippen LogP contribution in [0.5, 0.6) is 11.5 Å². The fourth-order valence-electron chi connectivity index (χ4n) is 1.35. The minimum absolute atomic E-state index is 0.591. The highest BCUT2D eigenvalue weighted by atomic mass is 79.9. The van der Waals surface area contributed by atoms with Gasteiger partial charge < -0.3 is 4.74 Å². The predicted molar refractivity (Wildman–Crippen MR) is 66.8 cm³/mol. The molecule has 2 rings (SSSR count). The fraction of sp³-hybridized carbons (Fsp3) is 0.167. The summed E-state index contributed by atoms with van der Waals surface area (Å²) in [5.41, 5.74) is 0.591. The Bertz CT molecular complexity index is 571. The molecule has 1 aromatic heterocycles. The van der Waals surface area contributed by atoms with Gasteiger partial charge in [-0.1, -0.05) is 0 Å². The fourth-order valence-corrected chi connectivity index (χ4v) is 1.81. The van der Waals surface area contributed by atoms with Crippen LogP contribution in [-0.4, -0.2) is 9.78 Å². The maximum absolute atomic E-state index is 8.75. The normalized spacial score (nSPS) is 9.94. The molecule has 86 valence electrons. The lowest BCUT2D eigenvalue weighted by Gasteiger charge is -2.05. The van der Waals surface area contributed by atoms with E-state index in [0.29, 0.717) is 17.1 Å². The Morgan fingerprint density at radius 2 is 2.35 bits per heavy atom. The van der Waals surface area contributed by atoms with E-state index in [-0.39, 0.29) is 0 Å². The van der Waals surface area contributed by atoms with Gasteiger partial charge in [0.25, 0.3) is 0 Å². The van der Waals surface area contributed by atoms with Crippen molar-refractivity contribution in [1.82, 2.24) is 9.78 Å². The van der Waals surface area contributed by atoms with E-state index in [1.807, 2.05) is 13.1 Å². The van der Waals surface area contributed by atoms with Crippen molar-refractivity contribution in [3.63, 3.8) is 0 Å². The second kappa shape index (κ2) is 5.02. The molecule has 0 unspecified atom stereocenters. The van der Waals surface area contributed by atoms with E-state index in [1.165, 1.54) is 0 Å². The van der Waals surface area contributed by atoms with Gasteiger partial charge in [0.05, 0.1) is 28.5 Å². The summed E-state index contributed by atoms with van der Waals surface area (Å²) in [6.07, 6.45) is 3.48. The maximum Gasteiger partial charge on any atom is 0.165 e. The van der Waals surface area contributed by atoms with Gasteiger partial charge in [-0.15, -0.1) is 0 Å². The minimum Gasteiger partial charge on any atom is -0.453 e. The minimum atomic E-state index is 0.591. The van der Waals surface area contributed by atoms with E-state index >= 15 is 0 Å². The highest BCUT2D eigenvalue weighted by Crippen LogP contribution is 2.30. The van der Waals surface area contributed by atoms with Crippen LogP contribution in [0.2, 0.25) is 0 Å². The van der Waals surface area contributed by atoms with Crippen LogP contribution < -0.4 is 4.74 Å². The van der Waals surface area contributed by atoms with E-state index in [0.717, 1.165) is 11.0 Å². The molecule has 0 atom stereocenters. The van der Waals surface area contributed by atoms with Crippen LogP contribution in [0.1, 0.15) is 12.5 Å². The Hall–Kier alpha value is -1.80. The molecule has 0 amide bonds. The van der Waals surface area contributed by atoms with Gasteiger partial charge in [0.2, 0.25) is 0 Å². The molecule has 0 saturated heterocycles. The molecule has 1 heterocycles. The Morgan fingerprint density at radius 1 is 1.53 bits per heavy atom. The van der Waals surface area contributed by atoms with Crippen LogP contribution in [0.25, 0.3) is 0 Å². The molecule has 0 radical (unpaired) electrons. The van der Waals surface area contributed by atoms with Crippen molar-refractivity contribution < 1.29 is 4.74 Å². The Kier molecular flexibility index (Phi) is 3.45. The van der Waals surface area contributed by atoms with Gasteiger partial charge in [0.1, 0.15) is 5.75 Å². The van der Waals surface area contributed by atoms with E-state index in [1.54, 1.807) is 29.1 Å². The zero-order valence-corrected chi connectivity index (χ0v) is 10.8. The first-order valence-electron chi connectivity index (χ1n) is 5.13. The third-order valence-electron chi connectivity index (χ3n) is 2.22. The molecule has 0 aliphatic rings. The molecular weight excluding hydrogens is 282 g/mol. The second-order valence-corrected chi connectivity index (χ2v) is 4.25. The lowest BCUT2D eigenvalue weighted by molar-refractivity contribution is 0.478. The topological polar surface area (TPSA) is 50.8 Å². The molecule has 5 heteroatoms. The van der Waals surface area contributed by atoms with Gasteiger partial charge in [-0.05, 0) is 41.1 Å². The summed E-state index contributed by atoms with van der Waals surface area (Å²) >= 11 is 3.37. The molecule has 17 heavy (non-hydrogen) atoms. The van der Waals surface area contributed by atoms with Gasteiger partial charge in [-0.2, -0.15) is 10.4 Å². The van der Waals surface area contributed by atoms with Gasteiger partial charge in [0.15, 0.2) is 5.75 Å². The van der Waals surface area contributed by atoms with Gasteiger partial charge >= 0.3 is 0 Å². The molecule has 1 aromatic carbocycles. The molecule has 0 fully saturated rings. The summed E-state index contributed by atoms with van der Waals surface area (Å²) in [6, 6.07) is 7.26. The number of ether oxygens (including phenoxy) is 1. The van der Waals surface area contributed by atoms with E-state index in [9.17, 15) is 0 Å². The zero-order valence-electron chi connectivity index (χ0n) is 9.22. The number of rotatable bonds is 3. The number of nitriles is 1.